The third-order valence-electron chi connectivity index (χ3n) is 15.0. The minimum absolute atomic E-state index is 0.0259. The van der Waals surface area contributed by atoms with Crippen LogP contribution in [0.3, 0.4) is 0 Å². The van der Waals surface area contributed by atoms with Gasteiger partial charge in [0, 0.05) is 42.0 Å². The van der Waals surface area contributed by atoms with E-state index >= 15 is 0 Å². The van der Waals surface area contributed by atoms with Crippen LogP contribution in [0.2, 0.25) is 0 Å². The van der Waals surface area contributed by atoms with Crippen molar-refractivity contribution in [1.29, 1.82) is 0 Å². The lowest BCUT2D eigenvalue weighted by atomic mass is 9.33. The third kappa shape index (κ3) is 5.03. The van der Waals surface area contributed by atoms with Crippen LogP contribution in [0, 0.1) is 50.2 Å². The SMILES string of the molecule is CC(=O)O[C@H]1CC[C@]2(C)[C@H]3C(=O)C=C4[C@@H]5C[C@@](C)(C(=O)N[C@H](Cc6cnc[nH]6)C(=O)O)CC[C@]5(C)CC[C@@]4(C)[C@]3(C)CC[C@H]2C1(C)C. The van der Waals surface area contributed by atoms with Crippen LogP contribution in [0.4, 0.5) is 0 Å². The van der Waals surface area contributed by atoms with Crippen LogP contribution in [0.5, 0.6) is 0 Å². The van der Waals surface area contributed by atoms with Gasteiger partial charge in [-0.15, -0.1) is 0 Å². The Labute approximate surface area is 279 Å². The maximum atomic E-state index is 14.7. The van der Waals surface area contributed by atoms with Crippen LogP contribution in [0.1, 0.15) is 119 Å². The van der Waals surface area contributed by atoms with Gasteiger partial charge in [-0.1, -0.05) is 54.0 Å². The molecule has 47 heavy (non-hydrogen) atoms. The molecule has 1 amide bonds. The molecule has 258 valence electrons. The molecule has 0 radical (unpaired) electrons. The van der Waals surface area contributed by atoms with Gasteiger partial charge in [0.1, 0.15) is 12.1 Å². The summed E-state index contributed by atoms with van der Waals surface area (Å²) in [5.74, 6) is -1.13. The Morgan fingerprint density at radius 2 is 1.72 bits per heavy atom. The van der Waals surface area contributed by atoms with E-state index in [9.17, 15) is 24.3 Å². The smallest absolute Gasteiger partial charge is 0.326 e. The molecule has 5 aliphatic carbocycles. The molecule has 9 heteroatoms. The molecule has 0 aliphatic heterocycles. The molecule has 5 aliphatic rings. The highest BCUT2D eigenvalue weighted by molar-refractivity contribution is 5.96. The third-order valence-corrected chi connectivity index (χ3v) is 15.0. The second kappa shape index (κ2) is 11.0. The van der Waals surface area contributed by atoms with Crippen LogP contribution >= 0.6 is 0 Å². The van der Waals surface area contributed by atoms with Gasteiger partial charge in [-0.3, -0.25) is 14.4 Å². The Balaban J connectivity index is 1.31. The number of ketones is 1. The van der Waals surface area contributed by atoms with Crippen molar-refractivity contribution >= 4 is 23.6 Å². The number of hydrogen-bond acceptors (Lipinski definition) is 6. The number of fused-ring (bicyclic) bond motifs is 7. The number of ether oxygens (including phenoxy) is 1. The number of amides is 1. The predicted molar refractivity (Wildman–Crippen MR) is 177 cm³/mol. The Hall–Kier alpha value is -2.97. The minimum atomic E-state index is -1.07. The van der Waals surface area contributed by atoms with Crippen molar-refractivity contribution in [2.75, 3.05) is 0 Å². The first-order chi connectivity index (χ1) is 21.8. The van der Waals surface area contributed by atoms with Crippen molar-refractivity contribution in [3.8, 4) is 0 Å². The number of aliphatic carboxylic acids is 1. The monoisotopic (exact) mass is 649 g/mol. The summed E-state index contributed by atoms with van der Waals surface area (Å²) in [6.45, 7) is 17.4. The normalized spacial score (nSPS) is 42.8. The second-order valence-corrected chi connectivity index (χ2v) is 17.9. The molecule has 0 bridgehead atoms. The summed E-state index contributed by atoms with van der Waals surface area (Å²) in [6.07, 6.45) is 12.8. The van der Waals surface area contributed by atoms with Gasteiger partial charge >= 0.3 is 11.9 Å². The van der Waals surface area contributed by atoms with Crippen molar-refractivity contribution in [1.82, 2.24) is 15.3 Å². The van der Waals surface area contributed by atoms with Crippen molar-refractivity contribution in [3.63, 3.8) is 0 Å². The number of allylic oxidation sites excluding steroid dienone is 2. The molecule has 6 rings (SSSR count). The van der Waals surface area contributed by atoms with Gasteiger partial charge in [0.25, 0.3) is 0 Å². The molecule has 0 spiro atoms. The lowest BCUT2D eigenvalue weighted by molar-refractivity contribution is -0.210. The molecule has 1 aromatic heterocycles. The molecule has 9 nitrogen and oxygen atoms in total. The molecule has 3 N–H and O–H groups in total. The van der Waals surface area contributed by atoms with Crippen LogP contribution in [-0.4, -0.2) is 50.8 Å². The molecule has 4 saturated carbocycles. The number of carbonyl (C=O) groups excluding carboxylic acids is 3. The number of aromatic amines is 1. The minimum Gasteiger partial charge on any atom is -0.480 e. The molecule has 0 aromatic carbocycles. The fourth-order valence-electron chi connectivity index (χ4n) is 11.9. The largest absolute Gasteiger partial charge is 0.480 e. The topological polar surface area (TPSA) is 138 Å². The zero-order chi connectivity index (χ0) is 34.4. The molecule has 0 saturated heterocycles. The van der Waals surface area contributed by atoms with Gasteiger partial charge < -0.3 is 20.1 Å². The summed E-state index contributed by atoms with van der Waals surface area (Å²) in [6, 6.07) is -1.06. The summed E-state index contributed by atoms with van der Waals surface area (Å²) in [5.41, 5.74) is 0.214. The number of hydrogen-bond donors (Lipinski definition) is 3. The maximum Gasteiger partial charge on any atom is 0.326 e. The van der Waals surface area contributed by atoms with E-state index in [1.54, 1.807) is 6.20 Å². The van der Waals surface area contributed by atoms with E-state index in [1.807, 2.05) is 13.0 Å². The standard InChI is InChI=1S/C38H55N3O6/c1-22(42)47-29-10-11-36(6)28(33(29,2)3)9-12-38(8)30(36)27(43)18-24-25-19-35(5,14-13-34(25,4)15-16-37(24,38)7)32(46)41-26(31(44)45)17-23-20-39-21-40-23/h18,20-21,25-26,28-30H,9-17,19H2,1-8H3,(H,39,40)(H,41,46)(H,44,45)/t25-,26+,28-,29-,30+,34+,35-,36-,37+,38+/m0/s1. The fraction of sp³-hybridized carbons (Fsp3) is 0.763. The van der Waals surface area contributed by atoms with E-state index in [4.69, 9.17) is 4.74 Å². The van der Waals surface area contributed by atoms with Crippen molar-refractivity contribution in [2.24, 2.45) is 50.2 Å². The lowest BCUT2D eigenvalue weighted by Crippen LogP contribution is -2.67. The van der Waals surface area contributed by atoms with Crippen molar-refractivity contribution < 1.29 is 29.0 Å². The lowest BCUT2D eigenvalue weighted by Gasteiger charge is -2.70. The van der Waals surface area contributed by atoms with E-state index in [-0.39, 0.29) is 75.0 Å². The van der Waals surface area contributed by atoms with Crippen LogP contribution in [0.15, 0.2) is 24.2 Å². The van der Waals surface area contributed by atoms with E-state index < -0.39 is 17.4 Å². The summed E-state index contributed by atoms with van der Waals surface area (Å²) in [5, 5.41) is 12.8. The summed E-state index contributed by atoms with van der Waals surface area (Å²) < 4.78 is 5.86. The number of imidazole rings is 1. The first kappa shape index (κ1) is 33.9. The van der Waals surface area contributed by atoms with Crippen LogP contribution in [0.25, 0.3) is 0 Å². The fourth-order valence-corrected chi connectivity index (χ4v) is 11.9. The van der Waals surface area contributed by atoms with Crippen molar-refractivity contribution in [2.45, 2.75) is 132 Å². The zero-order valence-electron chi connectivity index (χ0n) is 29.6. The molecule has 0 unspecified atom stereocenters. The number of nitrogens with zero attached hydrogens (tertiary/aromatic N) is 1. The maximum absolute atomic E-state index is 14.7. The Kier molecular flexibility index (Phi) is 7.96. The summed E-state index contributed by atoms with van der Waals surface area (Å²) >= 11 is 0. The first-order valence-corrected chi connectivity index (χ1v) is 17.7. The highest BCUT2D eigenvalue weighted by Gasteiger charge is 2.70. The predicted octanol–water partition coefficient (Wildman–Crippen LogP) is 6.43. The van der Waals surface area contributed by atoms with Crippen LogP contribution in [-0.2, 0) is 30.3 Å². The number of aromatic nitrogens is 2. The highest BCUT2D eigenvalue weighted by atomic mass is 16.5. The van der Waals surface area contributed by atoms with Crippen LogP contribution < -0.4 is 5.32 Å². The molecule has 4 fully saturated rings. The van der Waals surface area contributed by atoms with Gasteiger partial charge in [0.2, 0.25) is 5.91 Å². The number of nitrogens with one attached hydrogen (secondary N) is 2. The number of rotatable bonds is 6. The van der Waals surface area contributed by atoms with Gasteiger partial charge in [-0.05, 0) is 97.4 Å². The Morgan fingerprint density at radius 3 is 2.36 bits per heavy atom. The van der Waals surface area contributed by atoms with Gasteiger partial charge in [-0.2, -0.15) is 0 Å². The zero-order valence-corrected chi connectivity index (χ0v) is 29.6. The second-order valence-electron chi connectivity index (χ2n) is 17.9. The van der Waals surface area contributed by atoms with E-state index in [2.05, 4.69) is 56.8 Å². The molecule has 10 atom stereocenters. The highest BCUT2D eigenvalue weighted by Crippen LogP contribution is 2.75. The van der Waals surface area contributed by atoms with E-state index in [0.29, 0.717) is 18.5 Å². The van der Waals surface area contributed by atoms with Crippen molar-refractivity contribution in [3.05, 3.63) is 29.9 Å². The first-order valence-electron chi connectivity index (χ1n) is 17.7. The van der Waals surface area contributed by atoms with E-state index in [0.717, 1.165) is 44.9 Å². The summed E-state index contributed by atoms with van der Waals surface area (Å²) in [4.78, 5) is 59.8. The average Bonchev–Trinajstić information content (AvgIpc) is 3.49. The molecular formula is C38H55N3O6. The number of H-pyrrole nitrogens is 1. The number of carboxylic acids is 1. The van der Waals surface area contributed by atoms with Gasteiger partial charge in [-0.25, -0.2) is 9.78 Å². The molecule has 1 heterocycles. The molecule has 1 aromatic rings. The van der Waals surface area contributed by atoms with E-state index in [1.165, 1.54) is 18.8 Å². The van der Waals surface area contributed by atoms with Gasteiger partial charge in [0.05, 0.1) is 6.33 Å². The number of carbonyl (C=O) groups is 4. The Bertz CT molecular complexity index is 1500. The number of carboxylic acid groups (broad SMARTS) is 1. The average molecular weight is 650 g/mol. The number of esters is 1. The van der Waals surface area contributed by atoms with Gasteiger partial charge in [0.15, 0.2) is 5.78 Å². The Morgan fingerprint density at radius 1 is 1.02 bits per heavy atom. The molecular weight excluding hydrogens is 594 g/mol. The quantitative estimate of drug-likeness (QED) is 0.302. The summed E-state index contributed by atoms with van der Waals surface area (Å²) in [7, 11) is 0.